The van der Waals surface area contributed by atoms with Crippen molar-refractivity contribution in [1.82, 2.24) is 0 Å². The Kier molecular flexibility index (Phi) is 6.22. The van der Waals surface area contributed by atoms with Crippen LogP contribution in [0.4, 0.5) is 5.69 Å². The van der Waals surface area contributed by atoms with E-state index in [-0.39, 0.29) is 5.11 Å². The summed E-state index contributed by atoms with van der Waals surface area (Å²) in [6, 6.07) is 16.2. The number of benzene rings is 2. The van der Waals surface area contributed by atoms with Gasteiger partial charge in [-0.25, -0.2) is 0 Å². The van der Waals surface area contributed by atoms with Crippen LogP contribution >= 0.6 is 12.2 Å². The fourth-order valence-corrected chi connectivity index (χ4v) is 2.34. The summed E-state index contributed by atoms with van der Waals surface area (Å²) < 4.78 is 5.85. The smallest absolute Gasteiger partial charge is 0.168 e. The SMILES string of the molecule is CCCCCOc1ccc(-c2ccccc2)cc1NC(N)=S. The monoisotopic (exact) mass is 314 g/mol. The van der Waals surface area contributed by atoms with Gasteiger partial charge in [0, 0.05) is 0 Å². The Hall–Kier alpha value is -2.07. The zero-order valence-electron chi connectivity index (χ0n) is 12.8. The molecule has 0 aromatic heterocycles. The Labute approximate surface area is 137 Å². The van der Waals surface area contributed by atoms with Crippen LogP contribution in [0.25, 0.3) is 11.1 Å². The van der Waals surface area contributed by atoms with E-state index in [1.807, 2.05) is 30.3 Å². The first-order chi connectivity index (χ1) is 10.7. The summed E-state index contributed by atoms with van der Waals surface area (Å²) in [6.45, 7) is 2.87. The highest BCUT2D eigenvalue weighted by Gasteiger charge is 2.07. The second kappa shape index (κ2) is 8.39. The predicted octanol–water partition coefficient (Wildman–Crippen LogP) is 4.58. The minimum atomic E-state index is 0.239. The number of hydrogen-bond donors (Lipinski definition) is 2. The van der Waals surface area contributed by atoms with Crippen LogP contribution in [0.2, 0.25) is 0 Å². The number of unbranched alkanes of at least 4 members (excludes halogenated alkanes) is 2. The molecule has 2 aromatic carbocycles. The van der Waals surface area contributed by atoms with Crippen LogP contribution < -0.4 is 15.8 Å². The van der Waals surface area contributed by atoms with E-state index in [9.17, 15) is 0 Å². The first-order valence-corrected chi connectivity index (χ1v) is 8.00. The van der Waals surface area contributed by atoms with Gasteiger partial charge in [0.2, 0.25) is 0 Å². The van der Waals surface area contributed by atoms with Crippen molar-refractivity contribution < 1.29 is 4.74 Å². The van der Waals surface area contributed by atoms with E-state index in [0.29, 0.717) is 6.61 Å². The summed E-state index contributed by atoms with van der Waals surface area (Å²) >= 11 is 4.96. The summed E-state index contributed by atoms with van der Waals surface area (Å²) in [6.07, 6.45) is 3.39. The fourth-order valence-electron chi connectivity index (χ4n) is 2.23. The zero-order chi connectivity index (χ0) is 15.8. The van der Waals surface area contributed by atoms with E-state index in [0.717, 1.165) is 29.0 Å². The molecule has 0 atom stereocenters. The molecule has 0 amide bonds. The molecule has 0 bridgehead atoms. The Bertz CT molecular complexity index is 614. The molecule has 0 spiro atoms. The maximum atomic E-state index is 5.85. The van der Waals surface area contributed by atoms with Gasteiger partial charge in [-0.2, -0.15) is 0 Å². The number of thiocarbonyl (C=S) groups is 1. The number of rotatable bonds is 7. The van der Waals surface area contributed by atoms with Crippen molar-refractivity contribution in [2.75, 3.05) is 11.9 Å². The van der Waals surface area contributed by atoms with E-state index in [2.05, 4.69) is 30.4 Å². The Morgan fingerprint density at radius 2 is 1.86 bits per heavy atom. The molecule has 0 saturated carbocycles. The topological polar surface area (TPSA) is 47.3 Å². The molecular weight excluding hydrogens is 292 g/mol. The third kappa shape index (κ3) is 4.74. The molecule has 0 radical (unpaired) electrons. The van der Waals surface area contributed by atoms with Gasteiger partial charge in [0.05, 0.1) is 12.3 Å². The first-order valence-electron chi connectivity index (χ1n) is 7.59. The second-order valence-corrected chi connectivity index (χ2v) is 5.56. The zero-order valence-corrected chi connectivity index (χ0v) is 13.7. The Morgan fingerprint density at radius 3 is 2.55 bits per heavy atom. The van der Waals surface area contributed by atoms with Crippen molar-refractivity contribution in [2.45, 2.75) is 26.2 Å². The summed E-state index contributed by atoms with van der Waals surface area (Å²) in [7, 11) is 0. The molecule has 2 aromatic rings. The molecule has 2 rings (SSSR count). The van der Waals surface area contributed by atoms with Crippen LogP contribution in [0.5, 0.6) is 5.75 Å². The molecule has 3 nitrogen and oxygen atoms in total. The van der Waals surface area contributed by atoms with Gasteiger partial charge >= 0.3 is 0 Å². The van der Waals surface area contributed by atoms with Gasteiger partial charge in [-0.05, 0) is 41.9 Å². The fraction of sp³-hybridized carbons (Fsp3) is 0.278. The van der Waals surface area contributed by atoms with Crippen molar-refractivity contribution >= 4 is 23.0 Å². The van der Waals surface area contributed by atoms with Crippen LogP contribution in [-0.2, 0) is 0 Å². The molecule has 0 heterocycles. The average molecular weight is 314 g/mol. The van der Waals surface area contributed by atoms with Gasteiger partial charge < -0.3 is 15.8 Å². The number of anilines is 1. The van der Waals surface area contributed by atoms with Crippen LogP contribution in [0.15, 0.2) is 48.5 Å². The standard InChI is InChI=1S/C18H22N2OS/c1-2-3-7-12-21-17-11-10-15(13-16(17)20-18(19)22)14-8-5-4-6-9-14/h4-6,8-11,13H,2-3,7,12H2,1H3,(H3,19,20,22). The summed E-state index contributed by atoms with van der Waals surface area (Å²) in [5.74, 6) is 0.781. The van der Waals surface area contributed by atoms with Crippen LogP contribution in [-0.4, -0.2) is 11.7 Å². The van der Waals surface area contributed by atoms with Gasteiger partial charge in [0.15, 0.2) is 5.11 Å². The molecule has 0 unspecified atom stereocenters. The normalized spacial score (nSPS) is 10.2. The third-order valence-corrected chi connectivity index (χ3v) is 3.45. The lowest BCUT2D eigenvalue weighted by atomic mass is 10.0. The highest BCUT2D eigenvalue weighted by molar-refractivity contribution is 7.80. The molecule has 4 heteroatoms. The second-order valence-electron chi connectivity index (χ2n) is 5.12. The summed E-state index contributed by atoms with van der Waals surface area (Å²) in [5.41, 5.74) is 8.68. The highest BCUT2D eigenvalue weighted by atomic mass is 32.1. The van der Waals surface area contributed by atoms with Crippen molar-refractivity contribution in [3.8, 4) is 16.9 Å². The Morgan fingerprint density at radius 1 is 1.09 bits per heavy atom. The number of nitrogens with two attached hydrogens (primary N) is 1. The average Bonchev–Trinajstić information content (AvgIpc) is 2.53. The van der Waals surface area contributed by atoms with E-state index in [1.54, 1.807) is 0 Å². The number of nitrogens with one attached hydrogen (secondary N) is 1. The molecule has 0 fully saturated rings. The van der Waals surface area contributed by atoms with Gasteiger partial charge in [-0.1, -0.05) is 56.2 Å². The van der Waals surface area contributed by atoms with Crippen LogP contribution in [0.1, 0.15) is 26.2 Å². The van der Waals surface area contributed by atoms with Gasteiger partial charge in [-0.15, -0.1) is 0 Å². The van der Waals surface area contributed by atoms with Gasteiger partial charge in [-0.3, -0.25) is 0 Å². The summed E-state index contributed by atoms with van der Waals surface area (Å²) in [5, 5.41) is 3.25. The lowest BCUT2D eigenvalue weighted by Gasteiger charge is -2.14. The van der Waals surface area contributed by atoms with E-state index in [4.69, 9.17) is 22.7 Å². The van der Waals surface area contributed by atoms with Crippen molar-refractivity contribution in [2.24, 2.45) is 5.73 Å². The van der Waals surface area contributed by atoms with Crippen molar-refractivity contribution in [3.05, 3.63) is 48.5 Å². The lowest BCUT2D eigenvalue weighted by Crippen LogP contribution is -2.19. The van der Waals surface area contributed by atoms with Crippen LogP contribution in [0.3, 0.4) is 0 Å². The maximum Gasteiger partial charge on any atom is 0.168 e. The maximum absolute atomic E-state index is 5.85. The third-order valence-electron chi connectivity index (χ3n) is 3.35. The highest BCUT2D eigenvalue weighted by Crippen LogP contribution is 2.31. The molecule has 3 N–H and O–H groups in total. The molecule has 22 heavy (non-hydrogen) atoms. The lowest BCUT2D eigenvalue weighted by molar-refractivity contribution is 0.308. The van der Waals surface area contributed by atoms with Gasteiger partial charge in [0.1, 0.15) is 5.75 Å². The first kappa shape index (κ1) is 16.3. The molecule has 0 aliphatic heterocycles. The van der Waals surface area contributed by atoms with Crippen molar-refractivity contribution in [1.29, 1.82) is 0 Å². The minimum absolute atomic E-state index is 0.239. The summed E-state index contributed by atoms with van der Waals surface area (Å²) in [4.78, 5) is 0. The Balaban J connectivity index is 2.20. The number of ether oxygens (including phenoxy) is 1. The quantitative estimate of drug-likeness (QED) is 0.580. The van der Waals surface area contributed by atoms with Crippen molar-refractivity contribution in [3.63, 3.8) is 0 Å². The number of hydrogen-bond acceptors (Lipinski definition) is 2. The molecule has 116 valence electrons. The van der Waals surface area contributed by atoms with Crippen LogP contribution in [0, 0.1) is 0 Å². The van der Waals surface area contributed by atoms with E-state index in [1.165, 1.54) is 12.8 Å². The molecule has 0 saturated heterocycles. The largest absolute Gasteiger partial charge is 0.491 e. The molecule has 0 aliphatic carbocycles. The van der Waals surface area contributed by atoms with E-state index < -0.39 is 0 Å². The molecule has 0 aliphatic rings. The van der Waals surface area contributed by atoms with Gasteiger partial charge in [0.25, 0.3) is 0 Å². The molecular formula is C18H22N2OS. The minimum Gasteiger partial charge on any atom is -0.491 e. The predicted molar refractivity (Wildman–Crippen MR) is 97.3 cm³/mol. The van der Waals surface area contributed by atoms with E-state index >= 15 is 0 Å².